The molecule has 4 rings (SSSR count). The second-order valence-electron chi connectivity index (χ2n) is 7.29. The van der Waals surface area contributed by atoms with Gasteiger partial charge in [0.15, 0.2) is 5.13 Å². The van der Waals surface area contributed by atoms with E-state index in [-0.39, 0.29) is 5.91 Å². The zero-order valence-corrected chi connectivity index (χ0v) is 19.5. The quantitative estimate of drug-likeness (QED) is 0.388. The third kappa shape index (κ3) is 4.34. The van der Waals surface area contributed by atoms with Crippen molar-refractivity contribution in [2.24, 2.45) is 0 Å². The number of benzene rings is 2. The molecule has 1 amide bonds. The highest BCUT2D eigenvalue weighted by Gasteiger charge is 2.24. The smallest absolute Gasteiger partial charge is 0.260 e. The Bertz CT molecular complexity index is 1180. The van der Waals surface area contributed by atoms with Crippen LogP contribution in [0.5, 0.6) is 11.5 Å². The summed E-state index contributed by atoms with van der Waals surface area (Å²) in [5, 5.41) is 0.631. The number of thiazole rings is 2. The van der Waals surface area contributed by atoms with Gasteiger partial charge in [-0.05, 0) is 57.4 Å². The SMILES string of the molecule is COc1ccc(OC)c2sc(N(CCCN(C)C)C(=O)c3ccc4ncsc4c3)nc12. The zero-order chi connectivity index (χ0) is 22.0. The molecule has 2 aromatic heterocycles. The van der Waals surface area contributed by atoms with Crippen molar-refractivity contribution in [2.45, 2.75) is 6.42 Å². The van der Waals surface area contributed by atoms with Crippen molar-refractivity contribution in [1.29, 1.82) is 0 Å². The lowest BCUT2D eigenvalue weighted by molar-refractivity contribution is 0.0986. The highest BCUT2D eigenvalue weighted by molar-refractivity contribution is 7.22. The third-order valence-electron chi connectivity index (χ3n) is 4.94. The van der Waals surface area contributed by atoms with Crippen LogP contribution in [0.3, 0.4) is 0 Å². The average Bonchev–Trinajstić information content (AvgIpc) is 3.42. The van der Waals surface area contributed by atoms with Crippen molar-refractivity contribution < 1.29 is 14.3 Å². The number of hydrogen-bond acceptors (Lipinski definition) is 8. The minimum Gasteiger partial charge on any atom is -0.495 e. The van der Waals surface area contributed by atoms with Crippen LogP contribution in [0.4, 0.5) is 5.13 Å². The number of rotatable bonds is 8. The van der Waals surface area contributed by atoms with Gasteiger partial charge in [0.05, 0.1) is 29.9 Å². The summed E-state index contributed by atoms with van der Waals surface area (Å²) in [6.07, 6.45) is 0.825. The molecule has 2 aromatic carbocycles. The van der Waals surface area contributed by atoms with E-state index in [0.29, 0.717) is 34.3 Å². The Balaban J connectivity index is 1.76. The maximum Gasteiger partial charge on any atom is 0.260 e. The molecule has 0 aliphatic carbocycles. The summed E-state index contributed by atoms with van der Waals surface area (Å²) in [5.74, 6) is 1.29. The summed E-state index contributed by atoms with van der Waals surface area (Å²) in [7, 11) is 7.30. The Morgan fingerprint density at radius 1 is 1.06 bits per heavy atom. The molecule has 0 saturated heterocycles. The van der Waals surface area contributed by atoms with Crippen molar-refractivity contribution in [1.82, 2.24) is 14.9 Å². The highest BCUT2D eigenvalue weighted by atomic mass is 32.1. The zero-order valence-electron chi connectivity index (χ0n) is 17.9. The largest absolute Gasteiger partial charge is 0.495 e. The first-order valence-corrected chi connectivity index (χ1v) is 11.5. The molecule has 4 aromatic rings. The molecule has 0 aliphatic rings. The van der Waals surface area contributed by atoms with Crippen LogP contribution in [0.2, 0.25) is 0 Å². The minimum atomic E-state index is -0.0777. The number of carbonyl (C=O) groups excluding carboxylic acids is 1. The first-order valence-electron chi connectivity index (χ1n) is 9.83. The van der Waals surface area contributed by atoms with E-state index in [1.807, 2.05) is 44.4 Å². The monoisotopic (exact) mass is 456 g/mol. The highest BCUT2D eigenvalue weighted by Crippen LogP contribution is 2.40. The molecule has 0 unspecified atom stereocenters. The summed E-state index contributed by atoms with van der Waals surface area (Å²) < 4.78 is 12.9. The van der Waals surface area contributed by atoms with Gasteiger partial charge in [0.2, 0.25) is 0 Å². The molecule has 2 heterocycles. The van der Waals surface area contributed by atoms with Crippen LogP contribution < -0.4 is 14.4 Å². The number of amides is 1. The standard InChI is InChI=1S/C22H24N4O3S2/c1-25(2)10-5-11-26(21(27)14-6-7-15-18(12-14)30-13-23-15)22-24-19-16(28-3)8-9-17(29-4)20(19)31-22/h6-9,12-13H,5,10-11H2,1-4H3. The van der Waals surface area contributed by atoms with Crippen molar-refractivity contribution in [3.8, 4) is 11.5 Å². The number of hydrogen-bond donors (Lipinski definition) is 0. The molecule has 162 valence electrons. The second kappa shape index (κ2) is 9.17. The first-order chi connectivity index (χ1) is 15.0. The number of carbonyl (C=O) groups is 1. The molecule has 0 fully saturated rings. The van der Waals surface area contributed by atoms with Gasteiger partial charge in [-0.3, -0.25) is 9.69 Å². The van der Waals surface area contributed by atoms with Gasteiger partial charge in [0, 0.05) is 12.1 Å². The van der Waals surface area contributed by atoms with Crippen LogP contribution in [-0.4, -0.2) is 62.2 Å². The molecule has 9 heteroatoms. The van der Waals surface area contributed by atoms with Crippen LogP contribution >= 0.6 is 22.7 Å². The molecule has 7 nitrogen and oxygen atoms in total. The molecule has 0 spiro atoms. The van der Waals surface area contributed by atoms with Gasteiger partial charge in [-0.2, -0.15) is 0 Å². The second-order valence-corrected chi connectivity index (χ2v) is 9.16. The molecule has 0 saturated carbocycles. The van der Waals surface area contributed by atoms with Gasteiger partial charge in [0.1, 0.15) is 21.7 Å². The van der Waals surface area contributed by atoms with E-state index in [4.69, 9.17) is 14.5 Å². The van der Waals surface area contributed by atoms with Gasteiger partial charge >= 0.3 is 0 Å². The van der Waals surface area contributed by atoms with Gasteiger partial charge in [-0.15, -0.1) is 11.3 Å². The summed E-state index contributed by atoms with van der Waals surface area (Å²) in [5.41, 5.74) is 4.01. The van der Waals surface area contributed by atoms with Crippen molar-refractivity contribution in [2.75, 3.05) is 46.3 Å². The van der Waals surface area contributed by atoms with Gasteiger partial charge in [-0.25, -0.2) is 9.97 Å². The molecule has 0 aliphatic heterocycles. The van der Waals surface area contributed by atoms with E-state index in [9.17, 15) is 4.79 Å². The van der Waals surface area contributed by atoms with Crippen LogP contribution in [0.1, 0.15) is 16.8 Å². The average molecular weight is 457 g/mol. The van der Waals surface area contributed by atoms with Crippen molar-refractivity contribution in [3.63, 3.8) is 0 Å². The van der Waals surface area contributed by atoms with E-state index < -0.39 is 0 Å². The van der Waals surface area contributed by atoms with Crippen LogP contribution in [0, 0.1) is 0 Å². The van der Waals surface area contributed by atoms with Gasteiger partial charge in [0.25, 0.3) is 5.91 Å². The van der Waals surface area contributed by atoms with E-state index in [2.05, 4.69) is 9.88 Å². The maximum atomic E-state index is 13.6. The summed E-state index contributed by atoms with van der Waals surface area (Å²) in [6.45, 7) is 1.43. The van der Waals surface area contributed by atoms with Crippen LogP contribution in [0.25, 0.3) is 20.4 Å². The number of nitrogens with zero attached hydrogens (tertiary/aromatic N) is 4. The molecular weight excluding hydrogens is 432 g/mol. The first kappa shape index (κ1) is 21.5. The fourth-order valence-electron chi connectivity index (χ4n) is 3.36. The Morgan fingerprint density at radius 2 is 1.84 bits per heavy atom. The number of fused-ring (bicyclic) bond motifs is 2. The fraction of sp³-hybridized carbons (Fsp3) is 0.318. The lowest BCUT2D eigenvalue weighted by Gasteiger charge is -2.21. The molecule has 0 N–H and O–H groups in total. The Hall–Kier alpha value is -2.75. The molecule has 0 atom stereocenters. The maximum absolute atomic E-state index is 13.6. The van der Waals surface area contributed by atoms with Crippen molar-refractivity contribution >= 4 is 54.1 Å². The summed E-state index contributed by atoms with van der Waals surface area (Å²) in [6, 6.07) is 9.32. The predicted octanol–water partition coefficient (Wildman–Crippen LogP) is 4.52. The lowest BCUT2D eigenvalue weighted by Crippen LogP contribution is -2.33. The Labute approximate surface area is 188 Å². The Morgan fingerprint density at radius 3 is 2.58 bits per heavy atom. The Kier molecular flexibility index (Phi) is 6.35. The summed E-state index contributed by atoms with van der Waals surface area (Å²) in [4.78, 5) is 26.5. The molecular formula is C22H24N4O3S2. The third-order valence-corrected chi connectivity index (χ3v) is 6.82. The molecule has 0 bridgehead atoms. The van der Waals surface area contributed by atoms with E-state index in [0.717, 1.165) is 27.9 Å². The minimum absolute atomic E-state index is 0.0777. The molecule has 0 radical (unpaired) electrons. The van der Waals surface area contributed by atoms with Crippen LogP contribution in [-0.2, 0) is 0 Å². The lowest BCUT2D eigenvalue weighted by atomic mass is 10.2. The van der Waals surface area contributed by atoms with Crippen molar-refractivity contribution in [3.05, 3.63) is 41.4 Å². The number of anilines is 1. The fourth-order valence-corrected chi connectivity index (χ4v) is 5.18. The van der Waals surface area contributed by atoms with E-state index in [1.165, 1.54) is 22.7 Å². The molecule has 31 heavy (non-hydrogen) atoms. The van der Waals surface area contributed by atoms with E-state index >= 15 is 0 Å². The number of aromatic nitrogens is 2. The number of methoxy groups -OCH3 is 2. The normalized spacial score (nSPS) is 11.4. The van der Waals surface area contributed by atoms with Gasteiger partial charge < -0.3 is 14.4 Å². The summed E-state index contributed by atoms with van der Waals surface area (Å²) >= 11 is 2.97. The number of ether oxygens (including phenoxy) is 2. The van der Waals surface area contributed by atoms with Gasteiger partial charge in [-0.1, -0.05) is 11.3 Å². The topological polar surface area (TPSA) is 67.8 Å². The van der Waals surface area contributed by atoms with Crippen LogP contribution in [0.15, 0.2) is 35.8 Å². The predicted molar refractivity (Wildman–Crippen MR) is 127 cm³/mol. The van der Waals surface area contributed by atoms with E-state index in [1.54, 1.807) is 24.6 Å².